The number of carboxylic acid groups (broad SMARTS) is 1. The van der Waals surface area contributed by atoms with Gasteiger partial charge in [0, 0.05) is 22.3 Å². The third-order valence-electron chi connectivity index (χ3n) is 4.17. The molecule has 0 saturated carbocycles. The second-order valence-electron chi connectivity index (χ2n) is 5.69. The Hall–Kier alpha value is -1.95. The Kier molecular flexibility index (Phi) is 3.87. The van der Waals surface area contributed by atoms with E-state index in [2.05, 4.69) is 10.3 Å². The first-order valence-electron chi connectivity index (χ1n) is 7.20. The molecule has 0 spiro atoms. The number of aliphatic carboxylic acids is 1. The maximum Gasteiger partial charge on any atom is 0.330 e. The first-order valence-corrected chi connectivity index (χ1v) is 8.36. The largest absolute Gasteiger partial charge is 0.479 e. The van der Waals surface area contributed by atoms with E-state index in [4.69, 9.17) is 0 Å². The molecule has 1 aliphatic heterocycles. The van der Waals surface area contributed by atoms with Gasteiger partial charge in [-0.1, -0.05) is 18.2 Å². The highest BCUT2D eigenvalue weighted by atomic mass is 32.2. The van der Waals surface area contributed by atoms with Crippen LogP contribution in [0.3, 0.4) is 0 Å². The fourth-order valence-electron chi connectivity index (χ4n) is 2.92. The average Bonchev–Trinajstić information content (AvgIpc) is 3.06. The molecule has 116 valence electrons. The molecule has 1 saturated heterocycles. The number of para-hydroxylation sites is 1. The molecule has 1 amide bonds. The number of aryl methyl sites for hydroxylation is 1. The highest BCUT2D eigenvalue weighted by Crippen LogP contribution is 2.29. The monoisotopic (exact) mass is 318 g/mol. The van der Waals surface area contributed by atoms with Crippen LogP contribution in [0.1, 0.15) is 17.7 Å². The smallest absolute Gasteiger partial charge is 0.330 e. The van der Waals surface area contributed by atoms with Crippen molar-refractivity contribution in [3.05, 3.63) is 35.5 Å². The third-order valence-corrected chi connectivity index (χ3v) is 5.36. The summed E-state index contributed by atoms with van der Waals surface area (Å²) >= 11 is 1.56. The Morgan fingerprint density at radius 2 is 2.18 bits per heavy atom. The number of carboxylic acids is 1. The number of hydrogen-bond donors (Lipinski definition) is 3. The first kappa shape index (κ1) is 15.0. The number of aromatic amines is 1. The third kappa shape index (κ3) is 2.59. The van der Waals surface area contributed by atoms with Gasteiger partial charge in [0.2, 0.25) is 5.91 Å². The molecule has 0 aliphatic carbocycles. The van der Waals surface area contributed by atoms with E-state index in [1.54, 1.807) is 11.8 Å². The van der Waals surface area contributed by atoms with E-state index in [9.17, 15) is 14.7 Å². The Balaban J connectivity index is 1.81. The summed E-state index contributed by atoms with van der Waals surface area (Å²) in [7, 11) is 0. The van der Waals surface area contributed by atoms with Gasteiger partial charge in [0.25, 0.3) is 0 Å². The van der Waals surface area contributed by atoms with Crippen LogP contribution >= 0.6 is 11.8 Å². The van der Waals surface area contributed by atoms with E-state index in [0.29, 0.717) is 12.2 Å². The van der Waals surface area contributed by atoms with Crippen molar-refractivity contribution in [2.24, 2.45) is 0 Å². The number of thioether (sulfide) groups is 1. The van der Waals surface area contributed by atoms with Gasteiger partial charge in [0.1, 0.15) is 5.54 Å². The molecule has 1 aromatic carbocycles. The van der Waals surface area contributed by atoms with Crippen LogP contribution in [0.15, 0.2) is 24.3 Å². The second kappa shape index (κ2) is 5.68. The van der Waals surface area contributed by atoms with Gasteiger partial charge in [-0.3, -0.25) is 4.79 Å². The Morgan fingerprint density at radius 3 is 2.86 bits per heavy atom. The zero-order valence-electron chi connectivity index (χ0n) is 12.3. The van der Waals surface area contributed by atoms with E-state index in [-0.39, 0.29) is 12.3 Å². The highest BCUT2D eigenvalue weighted by molar-refractivity contribution is 7.99. The van der Waals surface area contributed by atoms with Crippen molar-refractivity contribution < 1.29 is 14.7 Å². The molecule has 0 unspecified atom stereocenters. The number of carbonyl (C=O) groups is 2. The molecule has 0 radical (unpaired) electrons. The molecule has 1 aliphatic rings. The van der Waals surface area contributed by atoms with E-state index in [0.717, 1.165) is 27.9 Å². The fraction of sp³-hybridized carbons (Fsp3) is 0.375. The number of carbonyl (C=O) groups excluding carboxylic acids is 1. The van der Waals surface area contributed by atoms with Crippen LogP contribution in [0.2, 0.25) is 0 Å². The summed E-state index contributed by atoms with van der Waals surface area (Å²) < 4.78 is 0. The summed E-state index contributed by atoms with van der Waals surface area (Å²) in [5, 5.41) is 13.2. The number of fused-ring (bicyclic) bond motifs is 1. The van der Waals surface area contributed by atoms with Gasteiger partial charge >= 0.3 is 5.97 Å². The number of nitrogens with one attached hydrogen (secondary N) is 2. The zero-order valence-corrected chi connectivity index (χ0v) is 13.1. The van der Waals surface area contributed by atoms with E-state index in [1.165, 1.54) is 0 Å². The summed E-state index contributed by atoms with van der Waals surface area (Å²) in [6.07, 6.45) is 0.668. The van der Waals surface area contributed by atoms with Gasteiger partial charge in [0.15, 0.2) is 0 Å². The van der Waals surface area contributed by atoms with Gasteiger partial charge in [-0.05, 0) is 30.7 Å². The molecule has 2 aromatic rings. The minimum absolute atomic E-state index is 0.190. The summed E-state index contributed by atoms with van der Waals surface area (Å²) in [5.41, 5.74) is 1.76. The molecule has 3 N–H and O–H groups in total. The molecule has 0 bridgehead atoms. The van der Waals surface area contributed by atoms with Gasteiger partial charge in [-0.25, -0.2) is 4.79 Å². The maximum atomic E-state index is 12.4. The van der Waals surface area contributed by atoms with E-state index >= 15 is 0 Å². The molecule has 3 rings (SSSR count). The molecule has 2 heterocycles. The molecular formula is C16H18N2O3S. The van der Waals surface area contributed by atoms with Crippen LogP contribution in [0.25, 0.3) is 10.9 Å². The maximum absolute atomic E-state index is 12.4. The topological polar surface area (TPSA) is 82.2 Å². The van der Waals surface area contributed by atoms with Crippen molar-refractivity contribution in [2.75, 3.05) is 11.5 Å². The lowest BCUT2D eigenvalue weighted by Crippen LogP contribution is -2.55. The summed E-state index contributed by atoms with van der Waals surface area (Å²) in [6, 6.07) is 7.82. The van der Waals surface area contributed by atoms with Crippen molar-refractivity contribution in [1.29, 1.82) is 0 Å². The van der Waals surface area contributed by atoms with Gasteiger partial charge in [-0.2, -0.15) is 11.8 Å². The summed E-state index contributed by atoms with van der Waals surface area (Å²) in [6.45, 7) is 1.93. The van der Waals surface area contributed by atoms with Crippen LogP contribution in [0.5, 0.6) is 0 Å². The Labute approximate surface area is 132 Å². The summed E-state index contributed by atoms with van der Waals surface area (Å²) in [5.74, 6) is 0.0128. The van der Waals surface area contributed by atoms with Crippen LogP contribution in [-0.2, 0) is 16.0 Å². The molecule has 6 heteroatoms. The molecule has 1 atom stereocenters. The number of H-pyrrole nitrogens is 1. The van der Waals surface area contributed by atoms with Gasteiger partial charge < -0.3 is 15.4 Å². The standard InChI is InChI=1S/C16H18N2O3S/c1-10-12(11-4-2-3-5-13(11)17-10)8-14(19)18-16(15(20)21)6-7-22-9-16/h2-5,17H,6-9H2,1H3,(H,18,19)(H,20,21)/t16-/m1/s1. The predicted octanol–water partition coefficient (Wildman–Crippen LogP) is 2.10. The lowest BCUT2D eigenvalue weighted by molar-refractivity contribution is -0.146. The van der Waals surface area contributed by atoms with Gasteiger partial charge in [0.05, 0.1) is 6.42 Å². The Bertz CT molecular complexity index is 732. The first-order chi connectivity index (χ1) is 10.5. The normalized spacial score (nSPS) is 21.1. The molecule has 1 aromatic heterocycles. The summed E-state index contributed by atoms with van der Waals surface area (Å²) in [4.78, 5) is 27.1. The fourth-order valence-corrected chi connectivity index (χ4v) is 4.25. The lowest BCUT2D eigenvalue weighted by atomic mass is 9.98. The minimum atomic E-state index is -1.11. The Morgan fingerprint density at radius 1 is 1.41 bits per heavy atom. The molecule has 1 fully saturated rings. The van der Waals surface area contributed by atoms with Crippen LogP contribution in [0.4, 0.5) is 0 Å². The highest BCUT2D eigenvalue weighted by Gasteiger charge is 2.43. The van der Waals surface area contributed by atoms with E-state index < -0.39 is 11.5 Å². The molecule has 22 heavy (non-hydrogen) atoms. The molecular weight excluding hydrogens is 300 g/mol. The number of hydrogen-bond acceptors (Lipinski definition) is 3. The van der Waals surface area contributed by atoms with Crippen LogP contribution < -0.4 is 5.32 Å². The SMILES string of the molecule is Cc1[nH]c2ccccc2c1CC(=O)N[C@]1(C(=O)O)CCSC1. The predicted molar refractivity (Wildman–Crippen MR) is 87.2 cm³/mol. The van der Waals surface area contributed by atoms with Crippen molar-refractivity contribution in [3.8, 4) is 0 Å². The number of rotatable bonds is 4. The van der Waals surface area contributed by atoms with Crippen molar-refractivity contribution in [2.45, 2.75) is 25.3 Å². The molecule has 5 nitrogen and oxygen atoms in total. The number of benzene rings is 1. The van der Waals surface area contributed by atoms with Gasteiger partial charge in [-0.15, -0.1) is 0 Å². The van der Waals surface area contributed by atoms with E-state index in [1.807, 2.05) is 31.2 Å². The van der Waals surface area contributed by atoms with Crippen molar-refractivity contribution >= 4 is 34.5 Å². The van der Waals surface area contributed by atoms with Crippen LogP contribution in [0, 0.1) is 6.92 Å². The van der Waals surface area contributed by atoms with Crippen molar-refractivity contribution in [3.63, 3.8) is 0 Å². The van der Waals surface area contributed by atoms with Crippen molar-refractivity contribution in [1.82, 2.24) is 10.3 Å². The quantitative estimate of drug-likeness (QED) is 0.806. The second-order valence-corrected chi connectivity index (χ2v) is 6.79. The van der Waals surface area contributed by atoms with Crippen LogP contribution in [-0.4, -0.2) is 39.0 Å². The lowest BCUT2D eigenvalue weighted by Gasteiger charge is -2.24. The number of amides is 1. The minimum Gasteiger partial charge on any atom is -0.479 e. The number of aromatic nitrogens is 1. The average molecular weight is 318 g/mol. The zero-order chi connectivity index (χ0) is 15.7.